The van der Waals surface area contributed by atoms with E-state index in [1.165, 1.54) is 29.8 Å². The lowest BCUT2D eigenvalue weighted by atomic mass is 9.74. The summed E-state index contributed by atoms with van der Waals surface area (Å²) in [7, 11) is 0. The van der Waals surface area contributed by atoms with Gasteiger partial charge < -0.3 is 14.4 Å². The van der Waals surface area contributed by atoms with Crippen LogP contribution < -0.4 is 4.74 Å². The van der Waals surface area contributed by atoms with Crippen molar-refractivity contribution in [1.29, 1.82) is 0 Å². The van der Waals surface area contributed by atoms with Crippen LogP contribution in [0, 0.1) is 11.2 Å². The number of aryl methyl sites for hydroxylation is 1. The Hall–Kier alpha value is -2.89. The normalized spacial score (nSPS) is 19.4. The highest BCUT2D eigenvalue weighted by atomic mass is 19.1. The Balaban J connectivity index is 1.41. The Morgan fingerprint density at radius 3 is 2.39 bits per heavy atom. The molecule has 0 radical (unpaired) electrons. The number of carbonyl (C=O) groups is 2. The molecular weight excluding hydrogens is 397 g/mol. The largest absolute Gasteiger partial charge is 0.490 e. The second-order valence-electron chi connectivity index (χ2n) is 8.38. The van der Waals surface area contributed by atoms with E-state index in [1.807, 2.05) is 18.2 Å². The number of piperidine rings is 1. The minimum atomic E-state index is -0.557. The Morgan fingerprint density at radius 1 is 0.903 bits per heavy atom. The maximum Gasteiger partial charge on any atom is 0.312 e. The second-order valence-corrected chi connectivity index (χ2v) is 8.38. The number of nitrogens with zero attached hydrogens (tertiary/aromatic N) is 1. The number of carbonyl (C=O) groups excluding carboxylic acids is 2. The summed E-state index contributed by atoms with van der Waals surface area (Å²) < 4.78 is 24.6. The van der Waals surface area contributed by atoms with Crippen molar-refractivity contribution in [2.75, 3.05) is 26.3 Å². The first-order chi connectivity index (χ1) is 15.1. The van der Waals surface area contributed by atoms with Gasteiger partial charge in [-0.3, -0.25) is 9.59 Å². The molecule has 0 bridgehead atoms. The van der Waals surface area contributed by atoms with Crippen molar-refractivity contribution in [2.45, 2.75) is 38.5 Å². The molecule has 1 fully saturated rings. The minimum absolute atomic E-state index is 0.124. The average Bonchev–Trinajstić information content (AvgIpc) is 2.80. The van der Waals surface area contributed by atoms with Crippen molar-refractivity contribution in [3.8, 4) is 5.75 Å². The molecule has 2 aromatic carbocycles. The number of ether oxygens (including phenoxy) is 2. The Bertz CT molecular complexity index is 919. The van der Waals surface area contributed by atoms with Gasteiger partial charge in [0.2, 0.25) is 0 Å². The fourth-order valence-corrected chi connectivity index (χ4v) is 4.54. The smallest absolute Gasteiger partial charge is 0.312 e. The highest BCUT2D eigenvalue weighted by Gasteiger charge is 2.43. The van der Waals surface area contributed by atoms with E-state index in [1.54, 1.807) is 4.90 Å². The number of fused-ring (bicyclic) bond motifs is 1. The zero-order valence-corrected chi connectivity index (χ0v) is 17.6. The number of esters is 1. The molecule has 0 aliphatic carbocycles. The van der Waals surface area contributed by atoms with Gasteiger partial charge in [-0.25, -0.2) is 4.39 Å². The molecule has 2 heterocycles. The summed E-state index contributed by atoms with van der Waals surface area (Å²) in [5, 5.41) is 0. The predicted octanol–water partition coefficient (Wildman–Crippen LogP) is 4.40. The molecule has 4 rings (SSSR count). The molecule has 5 nitrogen and oxygen atoms in total. The van der Waals surface area contributed by atoms with Gasteiger partial charge in [-0.2, -0.15) is 0 Å². The Labute approximate surface area is 182 Å². The van der Waals surface area contributed by atoms with E-state index in [0.29, 0.717) is 38.1 Å². The summed E-state index contributed by atoms with van der Waals surface area (Å²) in [6.45, 7) is 1.52. The van der Waals surface area contributed by atoms with E-state index >= 15 is 0 Å². The van der Waals surface area contributed by atoms with Crippen molar-refractivity contribution in [2.24, 2.45) is 5.41 Å². The molecule has 1 amide bonds. The summed E-state index contributed by atoms with van der Waals surface area (Å²) >= 11 is 0. The average molecular weight is 426 g/mol. The van der Waals surface area contributed by atoms with Crippen molar-refractivity contribution < 1.29 is 23.5 Å². The minimum Gasteiger partial charge on any atom is -0.490 e. The lowest BCUT2D eigenvalue weighted by molar-refractivity contribution is -0.160. The highest BCUT2D eigenvalue weighted by molar-refractivity contribution is 5.94. The van der Waals surface area contributed by atoms with Gasteiger partial charge >= 0.3 is 5.97 Å². The fraction of sp³-hybridized carbons (Fsp3) is 0.440. The number of rotatable bonds is 1. The Morgan fingerprint density at radius 2 is 1.61 bits per heavy atom. The zero-order valence-electron chi connectivity index (χ0n) is 17.6. The molecule has 6 heteroatoms. The zero-order chi connectivity index (χ0) is 21.7. The summed E-state index contributed by atoms with van der Waals surface area (Å²) in [6.07, 6.45) is 4.71. The van der Waals surface area contributed by atoms with Gasteiger partial charge in [0.1, 0.15) is 24.8 Å². The van der Waals surface area contributed by atoms with Crippen LogP contribution in [0.2, 0.25) is 0 Å². The molecule has 0 aromatic heterocycles. The number of hydrogen-bond donors (Lipinski definition) is 0. The van der Waals surface area contributed by atoms with Crippen molar-refractivity contribution in [3.05, 3.63) is 65.5 Å². The maximum absolute atomic E-state index is 13.2. The van der Waals surface area contributed by atoms with Gasteiger partial charge in [0.15, 0.2) is 0 Å². The van der Waals surface area contributed by atoms with Gasteiger partial charge in [-0.1, -0.05) is 24.6 Å². The molecule has 2 aliphatic rings. The number of para-hydroxylation sites is 1. The van der Waals surface area contributed by atoms with Crippen LogP contribution >= 0.6 is 0 Å². The van der Waals surface area contributed by atoms with E-state index < -0.39 is 5.41 Å². The van der Waals surface area contributed by atoms with Crippen molar-refractivity contribution in [1.82, 2.24) is 4.90 Å². The van der Waals surface area contributed by atoms with Crippen LogP contribution in [0.4, 0.5) is 4.39 Å². The van der Waals surface area contributed by atoms with E-state index in [9.17, 15) is 14.0 Å². The van der Waals surface area contributed by atoms with E-state index in [-0.39, 0.29) is 24.3 Å². The summed E-state index contributed by atoms with van der Waals surface area (Å²) in [5.74, 6) is 0.193. The maximum atomic E-state index is 13.2. The molecule has 31 heavy (non-hydrogen) atoms. The topological polar surface area (TPSA) is 55.8 Å². The lowest BCUT2D eigenvalue weighted by Gasteiger charge is -2.40. The Kier molecular flexibility index (Phi) is 6.54. The van der Waals surface area contributed by atoms with Crippen LogP contribution in [0.25, 0.3) is 0 Å². The number of cyclic esters (lactones) is 1. The van der Waals surface area contributed by atoms with Crippen LogP contribution in [0.15, 0.2) is 48.5 Å². The van der Waals surface area contributed by atoms with E-state index in [4.69, 9.17) is 9.47 Å². The van der Waals surface area contributed by atoms with Gasteiger partial charge in [0, 0.05) is 18.7 Å². The molecule has 0 N–H and O–H groups in total. The molecular formula is C25H28FNO4. The van der Waals surface area contributed by atoms with E-state index in [0.717, 1.165) is 31.4 Å². The third-order valence-corrected chi connectivity index (χ3v) is 6.43. The number of halogens is 1. The number of likely N-dealkylation sites (tertiary alicyclic amines) is 1. The monoisotopic (exact) mass is 425 g/mol. The van der Waals surface area contributed by atoms with Crippen LogP contribution in [0.1, 0.15) is 48.0 Å². The summed E-state index contributed by atoms with van der Waals surface area (Å²) in [4.78, 5) is 27.5. The number of amides is 1. The van der Waals surface area contributed by atoms with Crippen molar-refractivity contribution in [3.63, 3.8) is 0 Å². The third kappa shape index (κ3) is 4.89. The number of benzene rings is 2. The first-order valence-corrected chi connectivity index (χ1v) is 11.0. The van der Waals surface area contributed by atoms with Crippen LogP contribution in [-0.4, -0.2) is 43.1 Å². The first kappa shape index (κ1) is 21.3. The molecule has 0 unspecified atom stereocenters. The van der Waals surface area contributed by atoms with Gasteiger partial charge in [-0.05, 0) is 68.0 Å². The molecule has 0 atom stereocenters. The predicted molar refractivity (Wildman–Crippen MR) is 114 cm³/mol. The molecule has 0 saturated carbocycles. The van der Waals surface area contributed by atoms with Crippen LogP contribution in [0.5, 0.6) is 5.75 Å². The molecule has 164 valence electrons. The summed E-state index contributed by atoms with van der Waals surface area (Å²) in [6, 6.07) is 13.6. The van der Waals surface area contributed by atoms with Gasteiger partial charge in [-0.15, -0.1) is 0 Å². The molecule has 2 aromatic rings. The SMILES string of the molecule is O=C(c1ccc(F)cc1)N1CCC2(CCCCc3ccccc3OCCOC2=O)CC1. The van der Waals surface area contributed by atoms with Crippen molar-refractivity contribution >= 4 is 11.9 Å². The molecule has 2 aliphatic heterocycles. The number of hydrogen-bond acceptors (Lipinski definition) is 4. The summed E-state index contributed by atoms with van der Waals surface area (Å²) in [5.41, 5.74) is 1.09. The lowest BCUT2D eigenvalue weighted by Crippen LogP contribution is -2.47. The third-order valence-electron chi connectivity index (χ3n) is 6.43. The standard InChI is InChI=1S/C25H28FNO4/c26-21-10-8-20(9-11-21)23(28)27-15-13-25(14-16-27)12-4-3-6-19-5-1-2-7-22(19)30-17-18-31-24(25)29/h1-2,5,7-11H,3-4,6,12-18H2. The first-order valence-electron chi connectivity index (χ1n) is 11.0. The van der Waals surface area contributed by atoms with Gasteiger partial charge in [0.25, 0.3) is 5.91 Å². The quantitative estimate of drug-likeness (QED) is 0.636. The highest BCUT2D eigenvalue weighted by Crippen LogP contribution is 2.39. The molecule has 1 spiro atoms. The van der Waals surface area contributed by atoms with Crippen LogP contribution in [-0.2, 0) is 16.0 Å². The van der Waals surface area contributed by atoms with Gasteiger partial charge in [0.05, 0.1) is 5.41 Å². The fourth-order valence-electron chi connectivity index (χ4n) is 4.54. The second kappa shape index (κ2) is 9.50. The molecule has 1 saturated heterocycles. The van der Waals surface area contributed by atoms with Crippen LogP contribution in [0.3, 0.4) is 0 Å². The van der Waals surface area contributed by atoms with E-state index in [2.05, 4.69) is 6.07 Å².